The van der Waals surface area contributed by atoms with E-state index in [0.717, 1.165) is 0 Å². The summed E-state index contributed by atoms with van der Waals surface area (Å²) in [5.74, 6) is 0.467. The summed E-state index contributed by atoms with van der Waals surface area (Å²) in [5.41, 5.74) is 0. The molecule has 0 saturated heterocycles. The van der Waals surface area contributed by atoms with Gasteiger partial charge in [-0.3, -0.25) is 4.79 Å². The lowest BCUT2D eigenvalue weighted by molar-refractivity contribution is -0.117. The van der Waals surface area contributed by atoms with Gasteiger partial charge in [-0.2, -0.15) is 0 Å². The Kier molecular flexibility index (Phi) is 5.44. The average molecular weight is 302 g/mol. The first-order chi connectivity index (χ1) is 7.99. The highest BCUT2D eigenvalue weighted by Crippen LogP contribution is 2.14. The zero-order valence-electron chi connectivity index (χ0n) is 9.81. The molecule has 0 radical (unpaired) electrons. The van der Waals surface area contributed by atoms with Gasteiger partial charge in [0, 0.05) is 12.6 Å². The van der Waals surface area contributed by atoms with Crippen LogP contribution < -0.4 is 5.32 Å². The molecule has 0 fully saturated rings. The molecule has 1 amide bonds. The van der Waals surface area contributed by atoms with Gasteiger partial charge in [-0.25, -0.2) is 0 Å². The summed E-state index contributed by atoms with van der Waals surface area (Å²) in [6, 6.07) is 3.50. The predicted molar refractivity (Wildman–Crippen MR) is 69.3 cm³/mol. The van der Waals surface area contributed by atoms with Crippen molar-refractivity contribution in [2.75, 3.05) is 6.54 Å². The van der Waals surface area contributed by atoms with E-state index in [9.17, 15) is 9.90 Å². The molecule has 0 aromatic carbocycles. The number of nitrogens with one attached hydrogen (secondary N) is 1. The Bertz CT molecular complexity index is 398. The van der Waals surface area contributed by atoms with Crippen molar-refractivity contribution in [1.29, 1.82) is 0 Å². The third kappa shape index (κ3) is 5.19. The fraction of sp³-hybridized carbons (Fsp3) is 0.417. The maximum Gasteiger partial charge on any atom is 0.244 e. The molecular formula is C12H16BrNO3. The van der Waals surface area contributed by atoms with Gasteiger partial charge in [-0.05, 0) is 40.1 Å². The first-order valence-electron chi connectivity index (χ1n) is 5.38. The highest BCUT2D eigenvalue weighted by Gasteiger charge is 2.09. The van der Waals surface area contributed by atoms with E-state index in [1.54, 1.807) is 18.2 Å². The van der Waals surface area contributed by atoms with Gasteiger partial charge in [0.05, 0.1) is 6.10 Å². The van der Waals surface area contributed by atoms with E-state index >= 15 is 0 Å². The van der Waals surface area contributed by atoms with Crippen molar-refractivity contribution >= 4 is 27.9 Å². The van der Waals surface area contributed by atoms with E-state index in [0.29, 0.717) is 10.4 Å². The molecular weight excluding hydrogens is 286 g/mol. The zero-order chi connectivity index (χ0) is 12.8. The van der Waals surface area contributed by atoms with Crippen LogP contribution in [0.5, 0.6) is 0 Å². The van der Waals surface area contributed by atoms with Crippen LogP contribution in [0.3, 0.4) is 0 Å². The maximum atomic E-state index is 11.4. The van der Waals surface area contributed by atoms with E-state index in [1.807, 2.05) is 13.8 Å². The van der Waals surface area contributed by atoms with Crippen LogP contribution in [0.2, 0.25) is 0 Å². The van der Waals surface area contributed by atoms with Crippen LogP contribution >= 0.6 is 15.9 Å². The van der Waals surface area contributed by atoms with Crippen molar-refractivity contribution in [3.05, 3.63) is 28.6 Å². The number of aliphatic hydroxyl groups is 1. The van der Waals surface area contributed by atoms with Crippen LogP contribution in [-0.4, -0.2) is 23.7 Å². The van der Waals surface area contributed by atoms with Crippen molar-refractivity contribution in [3.63, 3.8) is 0 Å². The minimum Gasteiger partial charge on any atom is -0.450 e. The van der Waals surface area contributed by atoms with Gasteiger partial charge in [-0.15, -0.1) is 0 Å². The van der Waals surface area contributed by atoms with Crippen molar-refractivity contribution in [2.24, 2.45) is 5.92 Å². The molecule has 1 aromatic heterocycles. The minimum atomic E-state index is -0.523. The molecule has 0 aliphatic heterocycles. The molecule has 0 saturated carbocycles. The van der Waals surface area contributed by atoms with Gasteiger partial charge in [0.2, 0.25) is 5.91 Å². The molecule has 2 N–H and O–H groups in total. The number of rotatable bonds is 5. The summed E-state index contributed by atoms with van der Waals surface area (Å²) in [6.07, 6.45) is 2.42. The molecule has 1 aromatic rings. The van der Waals surface area contributed by atoms with Crippen molar-refractivity contribution in [3.8, 4) is 0 Å². The molecule has 5 heteroatoms. The summed E-state index contributed by atoms with van der Waals surface area (Å²) in [7, 11) is 0. The number of halogens is 1. The highest BCUT2D eigenvalue weighted by atomic mass is 79.9. The van der Waals surface area contributed by atoms with Gasteiger partial charge in [0.25, 0.3) is 0 Å². The standard InChI is InChI=1S/C12H16BrNO3/c1-8(2)10(15)7-14-12(16)6-4-9-3-5-11(13)17-9/h3-6,8,10,15H,7H2,1-2H3,(H,14,16)/b6-4+. The lowest BCUT2D eigenvalue weighted by Gasteiger charge is -2.13. The molecule has 0 spiro atoms. The van der Waals surface area contributed by atoms with E-state index in [-0.39, 0.29) is 18.4 Å². The minimum absolute atomic E-state index is 0.125. The topological polar surface area (TPSA) is 62.5 Å². The predicted octanol–water partition coefficient (Wildman–Crippen LogP) is 2.19. The van der Waals surface area contributed by atoms with Crippen molar-refractivity contribution in [1.82, 2.24) is 5.32 Å². The molecule has 0 bridgehead atoms. The van der Waals surface area contributed by atoms with Crippen LogP contribution in [0.15, 0.2) is 27.3 Å². The Balaban J connectivity index is 2.37. The largest absolute Gasteiger partial charge is 0.450 e. The quantitative estimate of drug-likeness (QED) is 0.820. The number of aliphatic hydroxyl groups excluding tert-OH is 1. The van der Waals surface area contributed by atoms with E-state index in [2.05, 4.69) is 21.2 Å². The summed E-state index contributed by atoms with van der Waals surface area (Å²) in [6.45, 7) is 4.04. The van der Waals surface area contributed by atoms with Crippen LogP contribution in [0.1, 0.15) is 19.6 Å². The lowest BCUT2D eigenvalue weighted by atomic mass is 10.1. The molecule has 17 heavy (non-hydrogen) atoms. The second kappa shape index (κ2) is 6.61. The normalized spacial score (nSPS) is 13.2. The number of amides is 1. The Morgan fingerprint density at radius 2 is 2.29 bits per heavy atom. The maximum absolute atomic E-state index is 11.4. The molecule has 1 unspecified atom stereocenters. The molecule has 4 nitrogen and oxygen atoms in total. The molecule has 1 atom stereocenters. The summed E-state index contributed by atoms with van der Waals surface area (Å²) in [5, 5.41) is 12.1. The number of hydrogen-bond donors (Lipinski definition) is 2. The van der Waals surface area contributed by atoms with Crippen LogP contribution in [-0.2, 0) is 4.79 Å². The van der Waals surface area contributed by atoms with E-state index < -0.39 is 6.10 Å². The van der Waals surface area contributed by atoms with E-state index in [1.165, 1.54) is 6.08 Å². The molecule has 94 valence electrons. The fourth-order valence-corrected chi connectivity index (χ4v) is 1.39. The summed E-state index contributed by atoms with van der Waals surface area (Å²) in [4.78, 5) is 11.4. The van der Waals surface area contributed by atoms with Crippen molar-refractivity contribution < 1.29 is 14.3 Å². The average Bonchev–Trinajstić information content (AvgIpc) is 2.69. The van der Waals surface area contributed by atoms with Gasteiger partial charge in [0.15, 0.2) is 4.67 Å². The first kappa shape index (κ1) is 14.0. The Morgan fingerprint density at radius 3 is 2.82 bits per heavy atom. The second-order valence-electron chi connectivity index (χ2n) is 4.03. The van der Waals surface area contributed by atoms with Crippen molar-refractivity contribution in [2.45, 2.75) is 20.0 Å². The number of furan rings is 1. The molecule has 1 rings (SSSR count). The van der Waals surface area contributed by atoms with Crippen LogP contribution in [0, 0.1) is 5.92 Å². The zero-order valence-corrected chi connectivity index (χ0v) is 11.4. The smallest absolute Gasteiger partial charge is 0.244 e. The Labute approximate surface area is 109 Å². The number of carbonyl (C=O) groups excluding carboxylic acids is 1. The number of carbonyl (C=O) groups is 1. The van der Waals surface area contributed by atoms with Gasteiger partial charge >= 0.3 is 0 Å². The molecule has 0 aliphatic rings. The number of hydrogen-bond acceptors (Lipinski definition) is 3. The lowest BCUT2D eigenvalue weighted by Crippen LogP contribution is -2.33. The summed E-state index contributed by atoms with van der Waals surface area (Å²) >= 11 is 3.17. The Hall–Kier alpha value is -1.07. The van der Waals surface area contributed by atoms with Gasteiger partial charge in [0.1, 0.15) is 5.76 Å². The third-order valence-electron chi connectivity index (χ3n) is 2.25. The SMILES string of the molecule is CC(C)C(O)CNC(=O)/C=C/c1ccc(Br)o1. The fourth-order valence-electron chi connectivity index (χ4n) is 1.08. The molecule has 1 heterocycles. The summed E-state index contributed by atoms with van der Waals surface area (Å²) < 4.78 is 5.82. The van der Waals surface area contributed by atoms with Gasteiger partial charge in [-0.1, -0.05) is 13.8 Å². The van der Waals surface area contributed by atoms with E-state index in [4.69, 9.17) is 4.42 Å². The van der Waals surface area contributed by atoms with Crippen LogP contribution in [0.25, 0.3) is 6.08 Å². The molecule has 0 aliphatic carbocycles. The van der Waals surface area contributed by atoms with Crippen LogP contribution in [0.4, 0.5) is 0 Å². The van der Waals surface area contributed by atoms with Gasteiger partial charge < -0.3 is 14.8 Å². The second-order valence-corrected chi connectivity index (χ2v) is 4.81. The third-order valence-corrected chi connectivity index (χ3v) is 2.67. The first-order valence-corrected chi connectivity index (χ1v) is 6.17. The highest BCUT2D eigenvalue weighted by molar-refractivity contribution is 9.10. The monoisotopic (exact) mass is 301 g/mol. The Morgan fingerprint density at radius 1 is 1.59 bits per heavy atom.